The van der Waals surface area contributed by atoms with Crippen molar-refractivity contribution in [2.24, 2.45) is 0 Å². The average Bonchev–Trinajstić information content (AvgIpc) is 0.820. The van der Waals surface area contributed by atoms with Gasteiger partial charge < -0.3 is 75.6 Å². The highest BCUT2D eigenvalue weighted by Crippen LogP contribution is 2.37. The van der Waals surface area contributed by atoms with E-state index in [-0.39, 0.29) is 65.2 Å². The van der Waals surface area contributed by atoms with E-state index in [1.807, 2.05) is 36.4 Å². The van der Waals surface area contributed by atoms with Gasteiger partial charge in [0.2, 0.25) is 4.33 Å². The van der Waals surface area contributed by atoms with Crippen molar-refractivity contribution in [3.05, 3.63) is 276 Å². The number of alkyl halides is 2. The highest BCUT2D eigenvalue weighted by atomic mass is 35.5. The first-order chi connectivity index (χ1) is 53.7. The van der Waals surface area contributed by atoms with E-state index in [0.29, 0.717) is 75.2 Å². The summed E-state index contributed by atoms with van der Waals surface area (Å²) in [7, 11) is 1.34. The molecule has 1 amide bonds. The fourth-order valence-electron chi connectivity index (χ4n) is 8.07. The number of ether oxygens (including phenoxy) is 5. The summed E-state index contributed by atoms with van der Waals surface area (Å²) < 4.78 is 24.2. The minimum Gasteiger partial charge on any atom is -0.494 e. The van der Waals surface area contributed by atoms with Gasteiger partial charge >= 0.3 is 47.8 Å². The van der Waals surface area contributed by atoms with Crippen molar-refractivity contribution in [3.63, 3.8) is 0 Å². The van der Waals surface area contributed by atoms with Gasteiger partial charge in [-0.05, 0) is 173 Å². The number of amides is 1. The fraction of sp³-hybridized carbons (Fsp3) is 0.130. The Hall–Kier alpha value is -9.45. The third kappa shape index (κ3) is 34.5. The Balaban J connectivity index is 0.000000347. The molecule has 11 N–H and O–H groups in total. The lowest BCUT2D eigenvalue weighted by molar-refractivity contribution is -0.152. The van der Waals surface area contributed by atoms with E-state index in [1.165, 1.54) is 95.5 Å². The number of hydrogen-bond donors (Lipinski definition) is 10. The summed E-state index contributed by atoms with van der Waals surface area (Å²) in [5, 5.41) is 77.5. The molecule has 0 aliphatic heterocycles. The fourth-order valence-corrected chi connectivity index (χ4v) is 10.7. The number of anilines is 2. The van der Waals surface area contributed by atoms with Crippen LogP contribution in [-0.4, -0.2) is 124 Å². The Labute approximate surface area is 725 Å². The number of methoxy groups -OCH3 is 1. The van der Waals surface area contributed by atoms with E-state index in [1.54, 1.807) is 91.0 Å². The number of carboxylic acids is 8. The lowest BCUT2D eigenvalue weighted by Gasteiger charge is -2.21. The summed E-state index contributed by atoms with van der Waals surface area (Å²) in [5.41, 5.74) is 5.18. The van der Waals surface area contributed by atoms with Gasteiger partial charge in [-0.25, -0.2) is 33.6 Å². The van der Waals surface area contributed by atoms with Crippen LogP contribution >= 0.6 is 162 Å². The van der Waals surface area contributed by atoms with E-state index in [2.05, 4.69) is 5.32 Å². The quantitative estimate of drug-likeness (QED) is 0.0192. The van der Waals surface area contributed by atoms with Crippen LogP contribution in [0.25, 0.3) is 10.8 Å². The Morgan fingerprint density at radius 3 is 1.44 bits per heavy atom. The number of aliphatic carboxylic acids is 5. The molecule has 0 bridgehead atoms. The van der Waals surface area contributed by atoms with E-state index >= 15 is 0 Å². The van der Waals surface area contributed by atoms with Crippen molar-refractivity contribution >= 4 is 238 Å². The summed E-state index contributed by atoms with van der Waals surface area (Å²) in [5.74, 6) is -6.81. The van der Waals surface area contributed by atoms with E-state index in [9.17, 15) is 48.3 Å². The number of carbonyl (C=O) groups is 9. The first-order valence-corrected chi connectivity index (χ1v) is 36.9. The molecular formula is C77H62Cl14N2O22. The standard InChI is InChI=1S/C18H13NO3.C16H14Cl2O4.C9H9ClO3.C8H5Cl3O2.2C8H6Cl2O3.C7H5Cl2NO2.C3H4Cl2O2/c20-17(14-9-3-4-10-15(14)18(21)22)19-16-11-5-7-12-6-1-2-8-13(12)16;1-16(2,15(19)20)22-12-6-4-11(5-7-12)21-14-8-3-10(17)9-13(14)18;1-6(9(11)12)13-8-4-2-7(10)3-5-8;9-5-1-2-6(10)8(11)4(5)3-7(12)13;1-13-7-5(10)3-2-4(9)6(7)8(11)12;9-5-1-2-7(6(10)3-5)13-4-8(11)12;8-3-1-4(7(11)12)6(9)5(10)2-3;1-3(4,5)2(6)7/h1-11H,(H,19,20)(H,21,22);3-9H,1-2H3,(H,19,20);2-6H,1H3,(H,11,12);1-2H,3H2,(H,12,13);2-3H,1H3,(H,11,12);1-3H,4H2,(H,11,12);1-2H,10H2,(H,11,12);1H3,(H,6,7). The van der Waals surface area contributed by atoms with Gasteiger partial charge in [0.05, 0.1) is 71.1 Å². The Bertz CT molecular complexity index is 5090. The molecule has 0 aromatic heterocycles. The predicted molar refractivity (Wildman–Crippen MR) is 448 cm³/mol. The molecule has 610 valence electrons. The number of hydrogen-bond acceptors (Lipinski definition) is 15. The van der Waals surface area contributed by atoms with Crippen LogP contribution in [0.2, 0.25) is 60.3 Å². The molecule has 0 spiro atoms. The van der Waals surface area contributed by atoms with Crippen molar-refractivity contribution in [1.82, 2.24) is 0 Å². The maximum Gasteiger partial charge on any atom is 0.347 e. The van der Waals surface area contributed by atoms with Gasteiger partial charge in [0.15, 0.2) is 24.1 Å². The molecule has 0 aliphatic carbocycles. The van der Waals surface area contributed by atoms with Crippen LogP contribution in [0, 0.1) is 0 Å². The number of carbonyl (C=O) groups excluding carboxylic acids is 1. The molecule has 10 rings (SSSR count). The molecular weight excluding hydrogens is 1800 g/mol. The number of nitrogens with two attached hydrogens (primary N) is 1. The summed E-state index contributed by atoms with van der Waals surface area (Å²) in [4.78, 5) is 96.7. The van der Waals surface area contributed by atoms with Crippen LogP contribution in [-0.2, 0) is 30.4 Å². The number of aromatic carboxylic acids is 3. The van der Waals surface area contributed by atoms with Crippen molar-refractivity contribution < 1.29 is 108 Å². The third-order valence-electron chi connectivity index (χ3n) is 13.6. The second-order valence-corrected chi connectivity index (χ2v) is 29.3. The van der Waals surface area contributed by atoms with Crippen LogP contribution in [0.4, 0.5) is 11.4 Å². The summed E-state index contributed by atoms with van der Waals surface area (Å²) in [6.45, 7) is 5.21. The zero-order valence-corrected chi connectivity index (χ0v) is 70.1. The largest absolute Gasteiger partial charge is 0.494 e. The molecule has 0 fully saturated rings. The molecule has 0 saturated carbocycles. The van der Waals surface area contributed by atoms with Gasteiger partial charge in [0, 0.05) is 41.8 Å². The maximum absolute atomic E-state index is 12.4. The molecule has 115 heavy (non-hydrogen) atoms. The monoisotopic (exact) mass is 1860 g/mol. The van der Waals surface area contributed by atoms with Crippen LogP contribution in [0.5, 0.6) is 34.5 Å². The molecule has 0 saturated heterocycles. The first kappa shape index (κ1) is 99.7. The van der Waals surface area contributed by atoms with Crippen LogP contribution in [0.3, 0.4) is 0 Å². The maximum atomic E-state index is 12.4. The third-order valence-corrected chi connectivity index (χ3v) is 17.7. The van der Waals surface area contributed by atoms with Gasteiger partial charge in [0.1, 0.15) is 34.3 Å². The molecule has 10 aromatic carbocycles. The highest BCUT2D eigenvalue weighted by Gasteiger charge is 2.30. The van der Waals surface area contributed by atoms with Crippen LogP contribution in [0.15, 0.2) is 188 Å². The van der Waals surface area contributed by atoms with E-state index < -0.39 is 76.3 Å². The number of halogens is 14. The molecule has 1 atom stereocenters. The number of benzene rings is 10. The second-order valence-electron chi connectivity index (χ2n) is 22.7. The Kier molecular flexibility index (Phi) is 41.8. The molecule has 10 aromatic rings. The highest BCUT2D eigenvalue weighted by molar-refractivity contribution is 6.57. The Morgan fingerprint density at radius 2 is 0.948 bits per heavy atom. The summed E-state index contributed by atoms with van der Waals surface area (Å²) in [6.07, 6.45) is -1.07. The molecule has 0 heterocycles. The van der Waals surface area contributed by atoms with Gasteiger partial charge in [-0.1, -0.05) is 211 Å². The van der Waals surface area contributed by atoms with Crippen LogP contribution in [0.1, 0.15) is 74.7 Å². The van der Waals surface area contributed by atoms with Crippen LogP contribution < -0.4 is 34.7 Å². The van der Waals surface area contributed by atoms with Gasteiger partial charge in [-0.15, -0.1) is 0 Å². The lowest BCUT2D eigenvalue weighted by atomic mass is 10.1. The van der Waals surface area contributed by atoms with Gasteiger partial charge in [-0.2, -0.15) is 0 Å². The molecule has 38 heteroatoms. The molecule has 1 unspecified atom stereocenters. The number of nitrogens with one attached hydrogen (secondary N) is 1. The first-order valence-electron chi connectivity index (χ1n) is 31.6. The molecule has 0 radical (unpaired) electrons. The van der Waals surface area contributed by atoms with Gasteiger partial charge in [0.25, 0.3) is 5.91 Å². The zero-order valence-electron chi connectivity index (χ0n) is 59.6. The predicted octanol–water partition coefficient (Wildman–Crippen LogP) is 23.0. The zero-order chi connectivity index (χ0) is 86.9. The van der Waals surface area contributed by atoms with Gasteiger partial charge in [-0.3, -0.25) is 9.59 Å². The lowest BCUT2D eigenvalue weighted by Crippen LogP contribution is -2.37. The number of nitrogen functional groups attached to an aromatic ring is 1. The normalized spacial score (nSPS) is 10.5. The Morgan fingerprint density at radius 1 is 0.461 bits per heavy atom. The minimum atomic E-state index is -1.64. The van der Waals surface area contributed by atoms with Crippen molar-refractivity contribution in [1.29, 1.82) is 0 Å². The second kappa shape index (κ2) is 48.2. The summed E-state index contributed by atoms with van der Waals surface area (Å²) >= 11 is 78.6. The average molecular weight is 1860 g/mol. The van der Waals surface area contributed by atoms with Crippen molar-refractivity contribution in [3.8, 4) is 34.5 Å². The smallest absolute Gasteiger partial charge is 0.347 e. The molecule has 24 nitrogen and oxygen atoms in total. The number of fused-ring (bicyclic) bond motifs is 1. The number of rotatable bonds is 20. The van der Waals surface area contributed by atoms with E-state index in [0.717, 1.165) is 10.8 Å². The molecule has 0 aliphatic rings. The minimum absolute atomic E-state index is 0.0137. The SMILES string of the molecule is CC(C)(Oc1ccc(Oc2ccc(Cl)cc2Cl)cc1)C(=O)O.CC(Cl)(Cl)C(=O)O.CC(Oc1ccc(Cl)cc1)C(=O)O.COc1c(Cl)ccc(Cl)c1C(=O)O.Nc1cc(Cl)cc(C(=O)O)c1Cl.O=C(O)COc1ccc(Cl)cc1Cl.O=C(O)Cc1c(Cl)ccc(Cl)c1Cl.O=C(O)c1ccccc1C(=O)Nc1cccc2ccccc12. The topological polar surface area (TPSA) is 400 Å². The van der Waals surface area contributed by atoms with E-state index in [4.69, 9.17) is 228 Å². The van der Waals surface area contributed by atoms with Crippen molar-refractivity contribution in [2.45, 2.75) is 50.2 Å². The summed E-state index contributed by atoms with van der Waals surface area (Å²) in [6, 6.07) is 50.7. The van der Waals surface area contributed by atoms with Crippen molar-refractivity contribution in [2.75, 3.05) is 24.8 Å². The number of carboxylic acid groups (broad SMARTS) is 8.